The average Bonchev–Trinajstić information content (AvgIpc) is 3.06. The summed E-state index contributed by atoms with van der Waals surface area (Å²) in [5, 5.41) is 0. The van der Waals surface area contributed by atoms with E-state index < -0.39 is 10.0 Å². The van der Waals surface area contributed by atoms with Gasteiger partial charge in [-0.25, -0.2) is 13.1 Å². The molecular weight excluding hydrogens is 266 g/mol. The second-order valence-electron chi connectivity index (χ2n) is 4.85. The number of rotatable bonds is 4. The summed E-state index contributed by atoms with van der Waals surface area (Å²) in [5.41, 5.74) is 0.958. The van der Waals surface area contributed by atoms with Crippen LogP contribution in [0.3, 0.4) is 0 Å². The summed E-state index contributed by atoms with van der Waals surface area (Å²) in [7, 11) is -3.45. The summed E-state index contributed by atoms with van der Waals surface area (Å²) in [6, 6.07) is 5.01. The molecule has 1 N–H and O–H groups in total. The molecule has 1 saturated heterocycles. The second-order valence-corrected chi connectivity index (χ2v) is 6.62. The van der Waals surface area contributed by atoms with Crippen molar-refractivity contribution in [2.24, 2.45) is 0 Å². The number of ether oxygens (including phenoxy) is 2. The van der Waals surface area contributed by atoms with Gasteiger partial charge in [0.15, 0.2) is 0 Å². The maximum absolute atomic E-state index is 12.2. The summed E-state index contributed by atoms with van der Waals surface area (Å²) in [4.78, 5) is 0.301. The SMILES string of the molecule is O=S(=O)(NC[C@H]1CCCO1)c1ccc2c(c1)CCO2. The first-order valence-corrected chi connectivity index (χ1v) is 8.00. The van der Waals surface area contributed by atoms with Crippen molar-refractivity contribution in [2.75, 3.05) is 19.8 Å². The lowest BCUT2D eigenvalue weighted by molar-refractivity contribution is 0.114. The maximum atomic E-state index is 12.2. The molecule has 104 valence electrons. The molecule has 1 aromatic rings. The molecule has 6 heteroatoms. The molecule has 0 aliphatic carbocycles. The molecule has 1 aromatic carbocycles. The smallest absolute Gasteiger partial charge is 0.240 e. The van der Waals surface area contributed by atoms with Gasteiger partial charge in [0.2, 0.25) is 10.0 Å². The van der Waals surface area contributed by atoms with Gasteiger partial charge in [0.05, 0.1) is 17.6 Å². The average molecular weight is 283 g/mol. The second kappa shape index (κ2) is 5.11. The molecule has 0 spiro atoms. The Morgan fingerprint density at radius 2 is 2.21 bits per heavy atom. The van der Waals surface area contributed by atoms with Gasteiger partial charge in [0, 0.05) is 19.6 Å². The molecule has 1 fully saturated rings. The highest BCUT2D eigenvalue weighted by Crippen LogP contribution is 2.27. The van der Waals surface area contributed by atoms with Crippen molar-refractivity contribution in [3.05, 3.63) is 23.8 Å². The summed E-state index contributed by atoms with van der Waals surface area (Å²) in [5.74, 6) is 0.790. The highest BCUT2D eigenvalue weighted by molar-refractivity contribution is 7.89. The Kier molecular flexibility index (Phi) is 3.47. The van der Waals surface area contributed by atoms with E-state index in [1.54, 1.807) is 18.2 Å². The van der Waals surface area contributed by atoms with Gasteiger partial charge in [-0.15, -0.1) is 0 Å². The Bertz CT molecular complexity index is 564. The molecule has 0 amide bonds. The van der Waals surface area contributed by atoms with Gasteiger partial charge >= 0.3 is 0 Å². The minimum absolute atomic E-state index is 0.00698. The molecule has 0 aromatic heterocycles. The van der Waals surface area contributed by atoms with Crippen molar-refractivity contribution in [3.63, 3.8) is 0 Å². The predicted octanol–water partition coefficient (Wildman–Crippen LogP) is 1.08. The fourth-order valence-electron chi connectivity index (χ4n) is 2.42. The number of hydrogen-bond acceptors (Lipinski definition) is 4. The van der Waals surface area contributed by atoms with Crippen molar-refractivity contribution >= 4 is 10.0 Å². The van der Waals surface area contributed by atoms with E-state index in [1.165, 1.54) is 0 Å². The Morgan fingerprint density at radius 1 is 1.32 bits per heavy atom. The lowest BCUT2D eigenvalue weighted by Gasteiger charge is -2.11. The zero-order valence-corrected chi connectivity index (χ0v) is 11.4. The lowest BCUT2D eigenvalue weighted by atomic mass is 10.2. The number of benzene rings is 1. The highest BCUT2D eigenvalue weighted by Gasteiger charge is 2.22. The van der Waals surface area contributed by atoms with E-state index in [0.717, 1.165) is 37.2 Å². The van der Waals surface area contributed by atoms with Gasteiger partial charge in [-0.3, -0.25) is 0 Å². The van der Waals surface area contributed by atoms with Crippen molar-refractivity contribution < 1.29 is 17.9 Å². The highest BCUT2D eigenvalue weighted by atomic mass is 32.2. The van der Waals surface area contributed by atoms with Crippen LogP contribution in [0.4, 0.5) is 0 Å². The van der Waals surface area contributed by atoms with Crippen LogP contribution in [0.15, 0.2) is 23.1 Å². The van der Waals surface area contributed by atoms with Gasteiger partial charge in [-0.2, -0.15) is 0 Å². The quantitative estimate of drug-likeness (QED) is 0.898. The minimum atomic E-state index is -3.45. The largest absolute Gasteiger partial charge is 0.493 e. The molecular formula is C13H17NO4S. The lowest BCUT2D eigenvalue weighted by Crippen LogP contribution is -2.31. The van der Waals surface area contributed by atoms with Crippen LogP contribution in [0.25, 0.3) is 0 Å². The van der Waals surface area contributed by atoms with E-state index in [2.05, 4.69) is 4.72 Å². The number of hydrogen-bond donors (Lipinski definition) is 1. The normalized spacial score (nSPS) is 22.2. The van der Waals surface area contributed by atoms with Crippen LogP contribution in [0, 0.1) is 0 Å². The summed E-state index contributed by atoms with van der Waals surface area (Å²) in [6.07, 6.45) is 2.70. The minimum Gasteiger partial charge on any atom is -0.493 e. The van der Waals surface area contributed by atoms with Crippen molar-refractivity contribution in [2.45, 2.75) is 30.3 Å². The van der Waals surface area contributed by atoms with Crippen LogP contribution in [0.2, 0.25) is 0 Å². The fourth-order valence-corrected chi connectivity index (χ4v) is 3.54. The van der Waals surface area contributed by atoms with Crippen LogP contribution >= 0.6 is 0 Å². The zero-order valence-electron chi connectivity index (χ0n) is 10.6. The van der Waals surface area contributed by atoms with Gasteiger partial charge in [-0.05, 0) is 36.6 Å². The van der Waals surface area contributed by atoms with Crippen LogP contribution < -0.4 is 9.46 Å². The molecule has 2 aliphatic heterocycles. The van der Waals surface area contributed by atoms with E-state index in [0.29, 0.717) is 18.0 Å². The van der Waals surface area contributed by atoms with Gasteiger partial charge < -0.3 is 9.47 Å². The maximum Gasteiger partial charge on any atom is 0.240 e. The molecule has 0 unspecified atom stereocenters. The van der Waals surface area contributed by atoms with Crippen LogP contribution in [0.1, 0.15) is 18.4 Å². The first-order valence-electron chi connectivity index (χ1n) is 6.52. The molecule has 0 bridgehead atoms. The van der Waals surface area contributed by atoms with Crippen molar-refractivity contribution in [1.29, 1.82) is 0 Å². The molecule has 2 aliphatic rings. The Labute approximate surface area is 113 Å². The van der Waals surface area contributed by atoms with E-state index in [4.69, 9.17) is 9.47 Å². The zero-order chi connectivity index (χ0) is 13.3. The van der Waals surface area contributed by atoms with Crippen molar-refractivity contribution in [1.82, 2.24) is 4.72 Å². The van der Waals surface area contributed by atoms with E-state index in [-0.39, 0.29) is 6.10 Å². The predicted molar refractivity (Wildman–Crippen MR) is 69.8 cm³/mol. The summed E-state index contributed by atoms with van der Waals surface area (Å²) in [6.45, 7) is 1.70. The van der Waals surface area contributed by atoms with E-state index in [1.807, 2.05) is 0 Å². The molecule has 19 heavy (non-hydrogen) atoms. The van der Waals surface area contributed by atoms with E-state index >= 15 is 0 Å². The molecule has 5 nitrogen and oxygen atoms in total. The topological polar surface area (TPSA) is 64.6 Å². The Hall–Kier alpha value is -1.11. The number of nitrogens with one attached hydrogen (secondary N) is 1. The molecule has 3 rings (SSSR count). The van der Waals surface area contributed by atoms with Gasteiger partial charge in [0.25, 0.3) is 0 Å². The monoisotopic (exact) mass is 283 g/mol. The molecule has 1 atom stereocenters. The third-order valence-corrected chi connectivity index (χ3v) is 4.92. The summed E-state index contributed by atoms with van der Waals surface area (Å²) >= 11 is 0. The third kappa shape index (κ3) is 2.75. The van der Waals surface area contributed by atoms with E-state index in [9.17, 15) is 8.42 Å². The molecule has 2 heterocycles. The van der Waals surface area contributed by atoms with Gasteiger partial charge in [-0.1, -0.05) is 0 Å². The molecule has 0 saturated carbocycles. The molecule has 0 radical (unpaired) electrons. The summed E-state index contributed by atoms with van der Waals surface area (Å²) < 4.78 is 37.8. The first-order chi connectivity index (χ1) is 9.15. The third-order valence-electron chi connectivity index (χ3n) is 3.50. The standard InChI is InChI=1S/C13H17NO4S/c15-19(16,14-9-11-2-1-6-17-11)12-3-4-13-10(8-12)5-7-18-13/h3-4,8,11,14H,1-2,5-7,9H2/t11-/m1/s1. The van der Waals surface area contributed by atoms with Crippen LogP contribution in [-0.4, -0.2) is 34.3 Å². The number of fused-ring (bicyclic) bond motifs is 1. The first kappa shape index (κ1) is 12.9. The van der Waals surface area contributed by atoms with Crippen LogP contribution in [0.5, 0.6) is 5.75 Å². The Balaban J connectivity index is 1.72. The van der Waals surface area contributed by atoms with Crippen molar-refractivity contribution in [3.8, 4) is 5.75 Å². The fraction of sp³-hybridized carbons (Fsp3) is 0.538. The number of sulfonamides is 1. The van der Waals surface area contributed by atoms with Crippen LogP contribution in [-0.2, 0) is 21.2 Å². The van der Waals surface area contributed by atoms with Gasteiger partial charge in [0.1, 0.15) is 5.75 Å². The Morgan fingerprint density at radius 3 is 3.00 bits per heavy atom.